The summed E-state index contributed by atoms with van der Waals surface area (Å²) in [6.07, 6.45) is 2.10. The van der Waals surface area contributed by atoms with Gasteiger partial charge in [-0.25, -0.2) is 0 Å². The van der Waals surface area contributed by atoms with Gasteiger partial charge in [0, 0.05) is 6.42 Å². The number of Topliss-reactive ketones (excluding diaryl/α,β-unsaturated/α-hetero) is 1. The fraction of sp³-hybridized carbons (Fsp3) is 0.667. The van der Waals surface area contributed by atoms with Gasteiger partial charge in [0.25, 0.3) is 5.78 Å². The normalized spacial score (nSPS) is 12.9. The predicted octanol–water partition coefficient (Wildman–Crippen LogP) is 0.774. The quantitative estimate of drug-likeness (QED) is 0.222. The van der Waals surface area contributed by atoms with E-state index in [1.54, 1.807) is 0 Å². The third kappa shape index (κ3) is 3.76. The molecule has 5 nitrogen and oxygen atoms in total. The molecule has 0 aliphatic heterocycles. The SMILES string of the molecule is CCCCCC(O)(O)C(=O)/C(O)=C/O. The van der Waals surface area contributed by atoms with Crippen molar-refractivity contribution in [2.24, 2.45) is 0 Å². The summed E-state index contributed by atoms with van der Waals surface area (Å²) < 4.78 is 0. The Kier molecular flexibility index (Phi) is 5.19. The van der Waals surface area contributed by atoms with Crippen LogP contribution in [0.4, 0.5) is 0 Å². The van der Waals surface area contributed by atoms with Gasteiger partial charge in [-0.3, -0.25) is 4.79 Å². The standard InChI is InChI=1S/C9H16O5/c1-2-3-4-5-9(13,14)8(12)7(11)6-10/h6,10-11,13-14H,2-5H2,1H3/b7-6-. The fourth-order valence-electron chi connectivity index (χ4n) is 0.999. The lowest BCUT2D eigenvalue weighted by Crippen LogP contribution is -2.39. The van der Waals surface area contributed by atoms with Crippen LogP contribution in [0.1, 0.15) is 32.6 Å². The Morgan fingerprint density at radius 1 is 1.36 bits per heavy atom. The molecular formula is C9H16O5. The Balaban J connectivity index is 4.24. The molecule has 0 unspecified atom stereocenters. The lowest BCUT2D eigenvalue weighted by molar-refractivity contribution is -0.183. The van der Waals surface area contributed by atoms with Crippen molar-refractivity contribution in [3.05, 3.63) is 12.0 Å². The molecule has 0 aliphatic rings. The summed E-state index contributed by atoms with van der Waals surface area (Å²) in [4.78, 5) is 11.0. The number of aliphatic hydroxyl groups is 4. The van der Waals surface area contributed by atoms with Gasteiger partial charge in [-0.15, -0.1) is 0 Å². The van der Waals surface area contributed by atoms with Crippen LogP contribution in [0, 0.1) is 0 Å². The maximum absolute atomic E-state index is 11.0. The smallest absolute Gasteiger partial charge is 0.258 e. The van der Waals surface area contributed by atoms with Crippen LogP contribution < -0.4 is 0 Å². The van der Waals surface area contributed by atoms with Gasteiger partial charge in [-0.2, -0.15) is 0 Å². The minimum Gasteiger partial charge on any atom is -0.512 e. The third-order valence-electron chi connectivity index (χ3n) is 1.85. The number of ketones is 1. The topological polar surface area (TPSA) is 98.0 Å². The fourth-order valence-corrected chi connectivity index (χ4v) is 0.999. The molecule has 0 aliphatic carbocycles. The van der Waals surface area contributed by atoms with E-state index in [2.05, 4.69) is 0 Å². The van der Waals surface area contributed by atoms with Gasteiger partial charge in [-0.1, -0.05) is 19.8 Å². The highest BCUT2D eigenvalue weighted by atomic mass is 16.5. The van der Waals surface area contributed by atoms with Crippen LogP contribution in [-0.4, -0.2) is 32.0 Å². The first kappa shape index (κ1) is 12.9. The van der Waals surface area contributed by atoms with Crippen molar-refractivity contribution in [1.29, 1.82) is 0 Å². The molecule has 0 aromatic carbocycles. The number of unbranched alkanes of at least 4 members (excludes halogenated alkanes) is 2. The first-order valence-electron chi connectivity index (χ1n) is 4.48. The summed E-state index contributed by atoms with van der Waals surface area (Å²) in [6.45, 7) is 1.93. The third-order valence-corrected chi connectivity index (χ3v) is 1.85. The second kappa shape index (κ2) is 5.62. The number of aliphatic hydroxyl groups excluding tert-OH is 2. The van der Waals surface area contributed by atoms with Crippen LogP contribution >= 0.6 is 0 Å². The van der Waals surface area contributed by atoms with Crippen LogP contribution in [0.2, 0.25) is 0 Å². The number of hydrogen-bond acceptors (Lipinski definition) is 5. The molecule has 0 amide bonds. The molecule has 5 heteroatoms. The summed E-state index contributed by atoms with van der Waals surface area (Å²) in [5, 5.41) is 35.5. The lowest BCUT2D eigenvalue weighted by atomic mass is 10.0. The van der Waals surface area contributed by atoms with Gasteiger partial charge in [-0.05, 0) is 6.42 Å². The first-order valence-corrected chi connectivity index (χ1v) is 4.48. The van der Waals surface area contributed by atoms with E-state index in [0.717, 1.165) is 12.8 Å². The van der Waals surface area contributed by atoms with Crippen molar-refractivity contribution >= 4 is 5.78 Å². The minimum atomic E-state index is -2.58. The molecule has 0 aromatic rings. The van der Waals surface area contributed by atoms with E-state index in [1.807, 2.05) is 6.92 Å². The summed E-state index contributed by atoms with van der Waals surface area (Å²) in [7, 11) is 0. The van der Waals surface area contributed by atoms with Gasteiger partial charge in [0.15, 0.2) is 5.76 Å². The molecule has 0 heterocycles. The summed E-state index contributed by atoms with van der Waals surface area (Å²) in [5.41, 5.74) is 0. The first-order chi connectivity index (χ1) is 6.45. The van der Waals surface area contributed by atoms with E-state index in [0.29, 0.717) is 6.42 Å². The number of carbonyl (C=O) groups is 1. The highest BCUT2D eigenvalue weighted by Gasteiger charge is 2.35. The van der Waals surface area contributed by atoms with Crippen molar-refractivity contribution in [3.8, 4) is 0 Å². The highest BCUT2D eigenvalue weighted by molar-refractivity contribution is 5.98. The van der Waals surface area contributed by atoms with Gasteiger partial charge >= 0.3 is 0 Å². The van der Waals surface area contributed by atoms with E-state index in [1.165, 1.54) is 0 Å². The maximum atomic E-state index is 11.0. The van der Waals surface area contributed by atoms with E-state index in [4.69, 9.17) is 10.2 Å². The van der Waals surface area contributed by atoms with E-state index in [-0.39, 0.29) is 12.7 Å². The second-order valence-electron chi connectivity index (χ2n) is 3.12. The highest BCUT2D eigenvalue weighted by Crippen LogP contribution is 2.16. The van der Waals surface area contributed by atoms with Crippen molar-refractivity contribution in [1.82, 2.24) is 0 Å². The predicted molar refractivity (Wildman–Crippen MR) is 49.7 cm³/mol. The zero-order valence-corrected chi connectivity index (χ0v) is 8.10. The molecule has 4 N–H and O–H groups in total. The van der Waals surface area contributed by atoms with E-state index >= 15 is 0 Å². The van der Waals surface area contributed by atoms with E-state index in [9.17, 15) is 15.0 Å². The Morgan fingerprint density at radius 3 is 2.36 bits per heavy atom. The van der Waals surface area contributed by atoms with Crippen molar-refractivity contribution < 1.29 is 25.2 Å². The van der Waals surface area contributed by atoms with E-state index < -0.39 is 17.3 Å². The largest absolute Gasteiger partial charge is 0.512 e. The number of rotatable bonds is 6. The molecule has 0 rings (SSSR count). The molecule has 0 radical (unpaired) electrons. The average molecular weight is 204 g/mol. The molecule has 14 heavy (non-hydrogen) atoms. The summed E-state index contributed by atoms with van der Waals surface area (Å²) in [6, 6.07) is 0. The molecule has 0 saturated carbocycles. The van der Waals surface area contributed by atoms with Gasteiger partial charge in [0.2, 0.25) is 5.79 Å². The van der Waals surface area contributed by atoms with Crippen molar-refractivity contribution in [3.63, 3.8) is 0 Å². The van der Waals surface area contributed by atoms with Gasteiger partial charge in [0.1, 0.15) is 6.26 Å². The van der Waals surface area contributed by atoms with Gasteiger partial charge < -0.3 is 20.4 Å². The zero-order chi connectivity index (χ0) is 11.2. The Labute approximate surface area is 82.3 Å². The summed E-state index contributed by atoms with van der Waals surface area (Å²) >= 11 is 0. The maximum Gasteiger partial charge on any atom is 0.258 e. The summed E-state index contributed by atoms with van der Waals surface area (Å²) in [5.74, 6) is -4.92. The molecule has 0 saturated heterocycles. The van der Waals surface area contributed by atoms with Crippen LogP contribution in [-0.2, 0) is 4.79 Å². The van der Waals surface area contributed by atoms with Crippen molar-refractivity contribution in [2.45, 2.75) is 38.4 Å². The molecule has 0 fully saturated rings. The average Bonchev–Trinajstić information content (AvgIpc) is 2.15. The second-order valence-corrected chi connectivity index (χ2v) is 3.12. The molecule has 0 spiro atoms. The number of carbonyl (C=O) groups excluding carboxylic acids is 1. The van der Waals surface area contributed by atoms with Crippen LogP contribution in [0.5, 0.6) is 0 Å². The number of hydrogen-bond donors (Lipinski definition) is 4. The lowest BCUT2D eigenvalue weighted by Gasteiger charge is -2.18. The molecule has 0 bridgehead atoms. The Bertz CT molecular complexity index is 219. The molecular weight excluding hydrogens is 188 g/mol. The van der Waals surface area contributed by atoms with Crippen LogP contribution in [0.25, 0.3) is 0 Å². The monoisotopic (exact) mass is 204 g/mol. The minimum absolute atomic E-state index is 0.142. The Hall–Kier alpha value is -1.07. The zero-order valence-electron chi connectivity index (χ0n) is 8.10. The molecule has 0 atom stereocenters. The van der Waals surface area contributed by atoms with Crippen LogP contribution in [0.15, 0.2) is 12.0 Å². The molecule has 82 valence electrons. The van der Waals surface area contributed by atoms with Crippen LogP contribution in [0.3, 0.4) is 0 Å². The van der Waals surface area contributed by atoms with Crippen molar-refractivity contribution in [2.75, 3.05) is 0 Å². The van der Waals surface area contributed by atoms with Gasteiger partial charge in [0.05, 0.1) is 0 Å². The molecule has 0 aromatic heterocycles. The Morgan fingerprint density at radius 2 is 1.93 bits per heavy atom.